The molecule has 3 rings (SSSR count). The molecule has 0 bridgehead atoms. The van der Waals surface area contributed by atoms with Crippen LogP contribution in [0.15, 0.2) is 29.1 Å². The minimum absolute atomic E-state index is 0. The first-order valence-electron chi connectivity index (χ1n) is 11.0. The first kappa shape index (κ1) is 27.6. The van der Waals surface area contributed by atoms with Crippen LogP contribution in [0, 0.1) is 12.8 Å². The van der Waals surface area contributed by atoms with Gasteiger partial charge in [-0.3, -0.25) is 9.59 Å². The minimum atomic E-state index is -0.297. The monoisotopic (exact) mass is 414 g/mol. The van der Waals surface area contributed by atoms with E-state index in [2.05, 4.69) is 41.1 Å². The molecule has 168 valence electrons. The lowest BCUT2D eigenvalue weighted by molar-refractivity contribution is 0.101. The van der Waals surface area contributed by atoms with Crippen molar-refractivity contribution in [2.75, 3.05) is 18.0 Å². The first-order chi connectivity index (χ1) is 13.9. The molecule has 2 aromatic rings. The maximum Gasteiger partial charge on any atom is 0.259 e. The van der Waals surface area contributed by atoms with Gasteiger partial charge in [-0.2, -0.15) is 0 Å². The summed E-state index contributed by atoms with van der Waals surface area (Å²) in [5.74, 6) is 0.558. The van der Waals surface area contributed by atoms with Crippen LogP contribution >= 0.6 is 0 Å². The third-order valence-corrected chi connectivity index (χ3v) is 5.25. The molecule has 0 spiro atoms. The zero-order valence-corrected chi connectivity index (χ0v) is 19.5. The van der Waals surface area contributed by atoms with Gasteiger partial charge in [0.15, 0.2) is 5.78 Å². The molecule has 1 atom stereocenters. The van der Waals surface area contributed by atoms with Gasteiger partial charge in [0.25, 0.3) is 5.56 Å². The third-order valence-electron chi connectivity index (χ3n) is 5.25. The lowest BCUT2D eigenvalue weighted by Gasteiger charge is -2.19. The third kappa shape index (κ3) is 6.07. The second-order valence-electron chi connectivity index (χ2n) is 7.10. The molecule has 30 heavy (non-hydrogen) atoms. The molecule has 4 nitrogen and oxygen atoms in total. The van der Waals surface area contributed by atoms with E-state index in [4.69, 9.17) is 0 Å². The van der Waals surface area contributed by atoms with Gasteiger partial charge in [-0.1, -0.05) is 61.1 Å². The number of hydrogen-bond donors (Lipinski definition) is 1. The number of ketones is 1. The number of aromatic nitrogens is 1. The molecule has 2 heterocycles. The van der Waals surface area contributed by atoms with Gasteiger partial charge < -0.3 is 9.88 Å². The number of carbonyl (C=O) groups excluding carboxylic acids is 1. The Bertz CT molecular complexity index is 851. The molecule has 0 saturated carbocycles. The van der Waals surface area contributed by atoms with Crippen molar-refractivity contribution >= 4 is 11.5 Å². The molecule has 1 unspecified atom stereocenters. The molecule has 0 aliphatic carbocycles. The maximum absolute atomic E-state index is 12.4. The number of hydrogen-bond acceptors (Lipinski definition) is 3. The van der Waals surface area contributed by atoms with E-state index in [-0.39, 0.29) is 24.3 Å². The van der Waals surface area contributed by atoms with Crippen LogP contribution < -0.4 is 10.5 Å². The molecule has 1 N–H and O–H groups in total. The van der Waals surface area contributed by atoms with E-state index in [0.717, 1.165) is 47.8 Å². The fourth-order valence-corrected chi connectivity index (χ4v) is 3.88. The quantitative estimate of drug-likeness (QED) is 0.570. The highest BCUT2D eigenvalue weighted by atomic mass is 16.1. The lowest BCUT2D eigenvalue weighted by atomic mass is 9.95. The van der Waals surface area contributed by atoms with Crippen LogP contribution in [0.3, 0.4) is 0 Å². The maximum atomic E-state index is 12.4. The molecule has 1 fully saturated rings. The molecule has 1 aliphatic heterocycles. The Labute approximate surface area is 183 Å². The summed E-state index contributed by atoms with van der Waals surface area (Å²) in [6.07, 6.45) is 2.00. The van der Waals surface area contributed by atoms with Crippen LogP contribution in [-0.4, -0.2) is 23.9 Å². The van der Waals surface area contributed by atoms with Crippen LogP contribution in [0.4, 0.5) is 5.69 Å². The number of anilines is 1. The van der Waals surface area contributed by atoms with E-state index in [1.54, 1.807) is 0 Å². The number of aromatic amines is 1. The highest BCUT2D eigenvalue weighted by Gasteiger charge is 2.20. The van der Waals surface area contributed by atoms with Crippen molar-refractivity contribution in [2.24, 2.45) is 5.92 Å². The summed E-state index contributed by atoms with van der Waals surface area (Å²) in [6, 6.07) is 8.38. The number of nitrogens with one attached hydrogen (secondary N) is 1. The van der Waals surface area contributed by atoms with Crippen LogP contribution in [0.5, 0.6) is 0 Å². The Balaban J connectivity index is 0.00000159. The molecule has 4 heteroatoms. The molecular formula is C26H42N2O2. The van der Waals surface area contributed by atoms with Gasteiger partial charge in [0.2, 0.25) is 0 Å². The lowest BCUT2D eigenvalue weighted by Crippen LogP contribution is -2.21. The van der Waals surface area contributed by atoms with E-state index in [1.807, 2.05) is 41.5 Å². The SMILES string of the molecule is C.CC.CC.CCc1c(-c2ccc(N3CCC(C)C3)cc2)[nH]c(=O)c(C(C)=O)c1C. The summed E-state index contributed by atoms with van der Waals surface area (Å²) in [5, 5.41) is 0. The molecule has 0 radical (unpaired) electrons. The van der Waals surface area contributed by atoms with Crippen molar-refractivity contribution in [2.45, 2.75) is 75.7 Å². The van der Waals surface area contributed by atoms with Crippen molar-refractivity contribution in [3.8, 4) is 11.3 Å². The standard InChI is InChI=1S/C21H26N2O2.2C2H6.CH4/c1-5-18-14(3)19(15(4)24)21(25)22-20(18)16-6-8-17(9-7-16)23-11-10-13(2)12-23;2*1-2;/h6-9,13H,5,10-12H2,1-4H3,(H,22,25);2*1-2H3;1H4. The van der Waals surface area contributed by atoms with E-state index < -0.39 is 0 Å². The van der Waals surface area contributed by atoms with Gasteiger partial charge in [0, 0.05) is 18.8 Å². The fourth-order valence-electron chi connectivity index (χ4n) is 3.88. The number of rotatable bonds is 4. The van der Waals surface area contributed by atoms with Gasteiger partial charge in [-0.25, -0.2) is 0 Å². The Hall–Kier alpha value is -2.36. The van der Waals surface area contributed by atoms with Crippen molar-refractivity contribution in [1.82, 2.24) is 4.98 Å². The van der Waals surface area contributed by atoms with Crippen molar-refractivity contribution < 1.29 is 4.79 Å². The zero-order chi connectivity index (χ0) is 22.1. The number of Topliss-reactive ketones (excluding diaryl/α,β-unsaturated/α-hetero) is 1. The van der Waals surface area contributed by atoms with Gasteiger partial charge in [-0.15, -0.1) is 0 Å². The predicted molar refractivity (Wildman–Crippen MR) is 132 cm³/mol. The Morgan fingerprint density at radius 3 is 2.13 bits per heavy atom. The van der Waals surface area contributed by atoms with E-state index in [0.29, 0.717) is 0 Å². The summed E-state index contributed by atoms with van der Waals surface area (Å²) >= 11 is 0. The molecule has 1 aromatic carbocycles. The van der Waals surface area contributed by atoms with Crippen molar-refractivity contribution in [3.63, 3.8) is 0 Å². The molecule has 0 amide bonds. The van der Waals surface area contributed by atoms with E-state index >= 15 is 0 Å². The van der Waals surface area contributed by atoms with Crippen LogP contribution in [0.2, 0.25) is 0 Å². The molecule has 1 aliphatic rings. The first-order valence-corrected chi connectivity index (χ1v) is 11.0. The second kappa shape index (κ2) is 13.0. The molecular weight excluding hydrogens is 372 g/mol. The Kier molecular flexibility index (Phi) is 12.0. The largest absolute Gasteiger partial charge is 0.371 e. The summed E-state index contributed by atoms with van der Waals surface area (Å²) in [7, 11) is 0. The van der Waals surface area contributed by atoms with Crippen LogP contribution in [0.1, 0.15) is 83.8 Å². The Morgan fingerprint density at radius 2 is 1.70 bits per heavy atom. The van der Waals surface area contributed by atoms with Gasteiger partial charge in [0.1, 0.15) is 0 Å². The van der Waals surface area contributed by atoms with Crippen LogP contribution in [-0.2, 0) is 6.42 Å². The van der Waals surface area contributed by atoms with Crippen molar-refractivity contribution in [3.05, 3.63) is 51.3 Å². The topological polar surface area (TPSA) is 53.2 Å². The van der Waals surface area contributed by atoms with Gasteiger partial charge in [-0.05, 0) is 61.4 Å². The zero-order valence-electron chi connectivity index (χ0n) is 19.5. The Morgan fingerprint density at radius 1 is 1.13 bits per heavy atom. The summed E-state index contributed by atoms with van der Waals surface area (Å²) in [6.45, 7) is 17.9. The fraction of sp³-hybridized carbons (Fsp3) is 0.538. The van der Waals surface area contributed by atoms with E-state index in [1.165, 1.54) is 19.0 Å². The smallest absolute Gasteiger partial charge is 0.259 e. The van der Waals surface area contributed by atoms with Gasteiger partial charge >= 0.3 is 0 Å². The summed E-state index contributed by atoms with van der Waals surface area (Å²) in [4.78, 5) is 29.5. The minimum Gasteiger partial charge on any atom is -0.371 e. The molecule has 1 saturated heterocycles. The number of carbonyl (C=O) groups is 1. The highest BCUT2D eigenvalue weighted by Crippen LogP contribution is 2.29. The number of nitrogens with zero attached hydrogens (tertiary/aromatic N) is 1. The number of H-pyrrole nitrogens is 1. The number of pyridine rings is 1. The number of benzene rings is 1. The van der Waals surface area contributed by atoms with Crippen molar-refractivity contribution in [1.29, 1.82) is 0 Å². The summed E-state index contributed by atoms with van der Waals surface area (Å²) in [5.41, 5.74) is 4.86. The highest BCUT2D eigenvalue weighted by molar-refractivity contribution is 5.96. The van der Waals surface area contributed by atoms with Crippen LogP contribution in [0.25, 0.3) is 11.3 Å². The second-order valence-corrected chi connectivity index (χ2v) is 7.10. The predicted octanol–water partition coefficient (Wildman–Crippen LogP) is 6.65. The average Bonchev–Trinajstić information content (AvgIpc) is 3.17. The average molecular weight is 415 g/mol. The molecule has 1 aromatic heterocycles. The van der Waals surface area contributed by atoms with E-state index in [9.17, 15) is 9.59 Å². The normalized spacial score (nSPS) is 14.7. The summed E-state index contributed by atoms with van der Waals surface area (Å²) < 4.78 is 0. The van der Waals surface area contributed by atoms with Gasteiger partial charge in [0.05, 0.1) is 11.3 Å².